The summed E-state index contributed by atoms with van der Waals surface area (Å²) in [4.78, 5) is 0.230. The van der Waals surface area contributed by atoms with Gasteiger partial charge in [0.1, 0.15) is 11.3 Å². The van der Waals surface area contributed by atoms with E-state index in [9.17, 15) is 8.42 Å². The van der Waals surface area contributed by atoms with E-state index in [0.29, 0.717) is 11.6 Å². The molecule has 0 unspecified atom stereocenters. The number of anilines is 1. The predicted molar refractivity (Wildman–Crippen MR) is 138 cm³/mol. The van der Waals surface area contributed by atoms with Crippen molar-refractivity contribution in [3.8, 4) is 0 Å². The van der Waals surface area contributed by atoms with Gasteiger partial charge in [-0.15, -0.1) is 0 Å². The normalized spacial score (nSPS) is 16.8. The van der Waals surface area contributed by atoms with Crippen LogP contribution in [0, 0.1) is 11.3 Å². The maximum Gasteiger partial charge on any atom is 0.261 e. The van der Waals surface area contributed by atoms with Crippen molar-refractivity contribution in [3.05, 3.63) is 70.4 Å². The first-order chi connectivity index (χ1) is 15.7. The third-order valence-corrected chi connectivity index (χ3v) is 9.35. The first-order valence-corrected chi connectivity index (χ1v) is 13.7. The fraction of sp³-hybridized carbons (Fsp3) is 0.333. The number of fused-ring (bicyclic) bond motifs is 5. The summed E-state index contributed by atoms with van der Waals surface area (Å²) in [5.74, 6) is 1.62. The van der Waals surface area contributed by atoms with Gasteiger partial charge in [0.05, 0.1) is 10.6 Å². The number of benzene rings is 3. The Labute approximate surface area is 203 Å². The number of furan rings is 1. The topological polar surface area (TPSA) is 59.3 Å². The van der Waals surface area contributed by atoms with Crippen LogP contribution in [0.4, 0.5) is 5.69 Å². The molecule has 0 saturated carbocycles. The van der Waals surface area contributed by atoms with Crippen LogP contribution >= 0.6 is 15.9 Å². The van der Waals surface area contributed by atoms with E-state index in [0.717, 1.165) is 57.7 Å². The van der Waals surface area contributed by atoms with E-state index >= 15 is 0 Å². The zero-order valence-corrected chi connectivity index (χ0v) is 21.5. The summed E-state index contributed by atoms with van der Waals surface area (Å²) in [6, 6.07) is 16.5. The highest BCUT2D eigenvalue weighted by Crippen LogP contribution is 2.45. The fourth-order valence-electron chi connectivity index (χ4n) is 4.95. The van der Waals surface area contributed by atoms with Gasteiger partial charge in [-0.25, -0.2) is 8.42 Å². The number of aryl methyl sites for hydroxylation is 1. The monoisotopic (exact) mass is 525 g/mol. The van der Waals surface area contributed by atoms with Crippen molar-refractivity contribution in [3.63, 3.8) is 0 Å². The van der Waals surface area contributed by atoms with E-state index in [-0.39, 0.29) is 10.3 Å². The van der Waals surface area contributed by atoms with E-state index in [2.05, 4.69) is 41.4 Å². The molecule has 0 spiro atoms. The molecule has 33 heavy (non-hydrogen) atoms. The van der Waals surface area contributed by atoms with Crippen molar-refractivity contribution in [1.29, 1.82) is 0 Å². The van der Waals surface area contributed by atoms with Crippen LogP contribution in [0.25, 0.3) is 21.7 Å². The first-order valence-electron chi connectivity index (χ1n) is 11.4. The minimum absolute atomic E-state index is 0.230. The van der Waals surface area contributed by atoms with Crippen molar-refractivity contribution in [2.75, 3.05) is 4.72 Å². The van der Waals surface area contributed by atoms with Gasteiger partial charge in [0, 0.05) is 32.6 Å². The molecule has 1 aromatic heterocycles. The van der Waals surface area contributed by atoms with E-state index in [4.69, 9.17) is 4.42 Å². The molecule has 4 nitrogen and oxygen atoms in total. The second kappa shape index (κ2) is 8.17. The number of nitrogens with one attached hydrogen (secondary N) is 1. The number of halogens is 1. The van der Waals surface area contributed by atoms with Crippen molar-refractivity contribution in [2.24, 2.45) is 11.3 Å². The van der Waals surface area contributed by atoms with Gasteiger partial charge in [0.15, 0.2) is 0 Å². The summed E-state index contributed by atoms with van der Waals surface area (Å²) in [5.41, 5.74) is 2.93. The molecule has 0 fully saturated rings. The number of sulfonamides is 1. The van der Waals surface area contributed by atoms with Gasteiger partial charge >= 0.3 is 0 Å². The zero-order valence-electron chi connectivity index (χ0n) is 19.1. The molecule has 1 aliphatic rings. The highest BCUT2D eigenvalue weighted by atomic mass is 79.9. The van der Waals surface area contributed by atoms with Gasteiger partial charge in [-0.3, -0.25) is 4.72 Å². The van der Waals surface area contributed by atoms with Crippen molar-refractivity contribution >= 4 is 53.4 Å². The quantitative estimate of drug-likeness (QED) is 0.290. The van der Waals surface area contributed by atoms with Crippen LogP contribution in [0.2, 0.25) is 0 Å². The molecule has 0 amide bonds. The SMILES string of the molecule is CCC(C)(C)[C@H]1CCc2oc3c(cc(NS(=O)(=O)c4ccc(Br)cc4)c4ccccc43)c2C1. The van der Waals surface area contributed by atoms with Crippen LogP contribution in [-0.2, 0) is 22.9 Å². The molecule has 1 atom stereocenters. The first kappa shape index (κ1) is 22.5. The van der Waals surface area contributed by atoms with Crippen LogP contribution in [-0.4, -0.2) is 8.42 Å². The van der Waals surface area contributed by atoms with Crippen LogP contribution in [0.15, 0.2) is 68.4 Å². The van der Waals surface area contributed by atoms with Crippen LogP contribution < -0.4 is 4.72 Å². The maximum absolute atomic E-state index is 13.2. The summed E-state index contributed by atoms with van der Waals surface area (Å²) in [6.07, 6.45) is 4.13. The van der Waals surface area contributed by atoms with Gasteiger partial charge in [0.25, 0.3) is 10.0 Å². The van der Waals surface area contributed by atoms with E-state index < -0.39 is 10.0 Å². The Morgan fingerprint density at radius 2 is 1.76 bits per heavy atom. The Balaban J connectivity index is 1.65. The van der Waals surface area contributed by atoms with Gasteiger partial charge in [-0.2, -0.15) is 0 Å². The lowest BCUT2D eigenvalue weighted by atomic mass is 9.69. The molecule has 3 aromatic carbocycles. The summed E-state index contributed by atoms with van der Waals surface area (Å²) in [7, 11) is -3.73. The minimum atomic E-state index is -3.73. The van der Waals surface area contributed by atoms with E-state index in [1.54, 1.807) is 24.3 Å². The van der Waals surface area contributed by atoms with Gasteiger partial charge in [-0.1, -0.05) is 67.4 Å². The molecule has 1 N–H and O–H groups in total. The molecular formula is C27H28BrNO3S. The molecule has 172 valence electrons. The highest BCUT2D eigenvalue weighted by Gasteiger charge is 2.34. The van der Waals surface area contributed by atoms with Crippen molar-refractivity contribution in [2.45, 2.75) is 51.3 Å². The zero-order chi connectivity index (χ0) is 23.4. The third-order valence-electron chi connectivity index (χ3n) is 7.44. The Bertz CT molecular complexity index is 1450. The van der Waals surface area contributed by atoms with Gasteiger partial charge in [0.2, 0.25) is 0 Å². The predicted octanol–water partition coefficient (Wildman–Crippen LogP) is 7.69. The lowest BCUT2D eigenvalue weighted by Crippen LogP contribution is -2.28. The van der Waals surface area contributed by atoms with Gasteiger partial charge in [-0.05, 0) is 54.5 Å². The molecule has 1 heterocycles. The molecule has 0 saturated heterocycles. The van der Waals surface area contributed by atoms with Crippen molar-refractivity contribution in [1.82, 2.24) is 0 Å². The summed E-state index contributed by atoms with van der Waals surface area (Å²) < 4.78 is 36.5. The molecule has 0 bridgehead atoms. The molecular weight excluding hydrogens is 498 g/mol. The van der Waals surface area contributed by atoms with Crippen LogP contribution in [0.1, 0.15) is 44.9 Å². The summed E-state index contributed by atoms with van der Waals surface area (Å²) in [6.45, 7) is 6.95. The Hall–Kier alpha value is -2.31. The summed E-state index contributed by atoms with van der Waals surface area (Å²) >= 11 is 3.37. The molecule has 0 radical (unpaired) electrons. The minimum Gasteiger partial charge on any atom is -0.460 e. The smallest absolute Gasteiger partial charge is 0.261 e. The molecule has 4 aromatic rings. The standard InChI is InChI=1S/C27H28BrNO3S/c1-4-27(2,3)17-9-14-25-22(15-17)23-16-24(20-7-5-6-8-21(20)26(23)32-25)29-33(30,31)19-12-10-18(28)11-13-19/h5-8,10-13,16-17,29H,4,9,14-15H2,1-3H3/t17-/m0/s1. The molecule has 1 aliphatic carbocycles. The fourth-order valence-corrected chi connectivity index (χ4v) is 6.29. The largest absolute Gasteiger partial charge is 0.460 e. The lowest BCUT2D eigenvalue weighted by molar-refractivity contribution is 0.179. The molecule has 6 heteroatoms. The number of hydrogen-bond acceptors (Lipinski definition) is 3. The van der Waals surface area contributed by atoms with E-state index in [1.165, 1.54) is 5.56 Å². The number of hydrogen-bond donors (Lipinski definition) is 1. The average Bonchev–Trinajstić information content (AvgIpc) is 3.17. The Kier molecular flexibility index (Phi) is 5.57. The second-order valence-corrected chi connectivity index (χ2v) is 12.3. The highest BCUT2D eigenvalue weighted by molar-refractivity contribution is 9.10. The molecule has 5 rings (SSSR count). The second-order valence-electron chi connectivity index (χ2n) is 9.69. The Morgan fingerprint density at radius 1 is 1.06 bits per heavy atom. The lowest BCUT2D eigenvalue weighted by Gasteiger charge is -2.36. The maximum atomic E-state index is 13.2. The Morgan fingerprint density at radius 3 is 2.45 bits per heavy atom. The average molecular weight is 526 g/mol. The van der Waals surface area contributed by atoms with Crippen molar-refractivity contribution < 1.29 is 12.8 Å². The summed E-state index contributed by atoms with van der Waals surface area (Å²) in [5, 5.41) is 2.79. The number of rotatable bonds is 5. The molecule has 0 aliphatic heterocycles. The third kappa shape index (κ3) is 3.97. The van der Waals surface area contributed by atoms with E-state index in [1.807, 2.05) is 30.3 Å². The van der Waals surface area contributed by atoms with Crippen LogP contribution in [0.3, 0.4) is 0 Å². The van der Waals surface area contributed by atoms with Gasteiger partial charge < -0.3 is 4.42 Å². The van der Waals surface area contributed by atoms with Crippen LogP contribution in [0.5, 0.6) is 0 Å².